The van der Waals surface area contributed by atoms with Crippen LogP contribution >= 0.6 is 0 Å². The molecule has 1 atom stereocenters. The number of nitrogens with zero attached hydrogens (tertiary/aromatic N) is 1. The third kappa shape index (κ3) is 3.63. The van der Waals surface area contributed by atoms with Crippen molar-refractivity contribution in [2.45, 2.75) is 46.1 Å². The molecule has 0 spiro atoms. The molecule has 0 aliphatic rings. The Labute approximate surface area is 92.9 Å². The predicted octanol–water partition coefficient (Wildman–Crippen LogP) is 3.22. The van der Waals surface area contributed by atoms with Gasteiger partial charge in [-0.25, -0.2) is 0 Å². The molecule has 0 bridgehead atoms. The minimum Gasteiger partial charge on any atom is -0.323 e. The van der Waals surface area contributed by atoms with Crippen molar-refractivity contribution >= 4 is 0 Å². The van der Waals surface area contributed by atoms with Gasteiger partial charge in [-0.1, -0.05) is 26.7 Å². The summed E-state index contributed by atoms with van der Waals surface area (Å²) in [5.41, 5.74) is 8.42. The van der Waals surface area contributed by atoms with Crippen LogP contribution in [0.4, 0.5) is 0 Å². The molecular formula is C13H22N2. The Hall–Kier alpha value is -0.890. The van der Waals surface area contributed by atoms with Gasteiger partial charge < -0.3 is 5.73 Å². The highest BCUT2D eigenvalue weighted by atomic mass is 14.8. The van der Waals surface area contributed by atoms with Crippen LogP contribution in [0.1, 0.15) is 50.4 Å². The summed E-state index contributed by atoms with van der Waals surface area (Å²) in [4.78, 5) is 4.34. The van der Waals surface area contributed by atoms with Crippen LogP contribution in [0.3, 0.4) is 0 Å². The van der Waals surface area contributed by atoms with Crippen molar-refractivity contribution in [1.29, 1.82) is 0 Å². The average Bonchev–Trinajstić information content (AvgIpc) is 2.25. The van der Waals surface area contributed by atoms with Gasteiger partial charge in [0.1, 0.15) is 0 Å². The highest BCUT2D eigenvalue weighted by Crippen LogP contribution is 2.22. The van der Waals surface area contributed by atoms with Gasteiger partial charge in [0, 0.05) is 12.2 Å². The lowest BCUT2D eigenvalue weighted by atomic mass is 9.93. The van der Waals surface area contributed by atoms with Gasteiger partial charge in [-0.05, 0) is 37.0 Å². The van der Waals surface area contributed by atoms with Crippen LogP contribution in [0.25, 0.3) is 0 Å². The van der Waals surface area contributed by atoms with Crippen LogP contribution in [-0.4, -0.2) is 4.98 Å². The Morgan fingerprint density at radius 1 is 1.33 bits per heavy atom. The molecule has 84 valence electrons. The van der Waals surface area contributed by atoms with E-state index in [9.17, 15) is 0 Å². The zero-order chi connectivity index (χ0) is 11.3. The van der Waals surface area contributed by atoms with Crippen molar-refractivity contribution in [3.8, 4) is 0 Å². The van der Waals surface area contributed by atoms with E-state index >= 15 is 0 Å². The molecule has 0 amide bonds. The van der Waals surface area contributed by atoms with Gasteiger partial charge in [0.05, 0.1) is 5.69 Å². The van der Waals surface area contributed by atoms with Crippen LogP contribution in [0.5, 0.6) is 0 Å². The number of pyridine rings is 1. The second-order valence-electron chi connectivity index (χ2n) is 4.28. The zero-order valence-electron chi connectivity index (χ0n) is 10.0. The predicted molar refractivity (Wildman–Crippen MR) is 64.6 cm³/mol. The fourth-order valence-corrected chi connectivity index (χ4v) is 1.86. The molecule has 0 aliphatic carbocycles. The van der Waals surface area contributed by atoms with E-state index < -0.39 is 0 Å². The van der Waals surface area contributed by atoms with E-state index in [-0.39, 0.29) is 6.04 Å². The quantitative estimate of drug-likeness (QED) is 0.803. The minimum absolute atomic E-state index is 0.0924. The maximum atomic E-state index is 6.15. The van der Waals surface area contributed by atoms with Crippen molar-refractivity contribution in [3.05, 3.63) is 29.6 Å². The molecule has 2 N–H and O–H groups in total. The molecule has 1 aromatic heterocycles. The van der Waals surface area contributed by atoms with E-state index in [1.807, 2.05) is 12.3 Å². The number of rotatable bonds is 5. The minimum atomic E-state index is 0.0924. The van der Waals surface area contributed by atoms with Gasteiger partial charge in [-0.2, -0.15) is 0 Å². The second kappa shape index (κ2) is 5.86. The third-order valence-electron chi connectivity index (χ3n) is 3.06. The summed E-state index contributed by atoms with van der Waals surface area (Å²) in [7, 11) is 0. The van der Waals surface area contributed by atoms with Gasteiger partial charge in [0.15, 0.2) is 0 Å². The Kier molecular flexibility index (Phi) is 4.76. The Morgan fingerprint density at radius 3 is 2.53 bits per heavy atom. The summed E-state index contributed by atoms with van der Waals surface area (Å²) in [6, 6.07) is 4.19. The molecule has 1 rings (SSSR count). The van der Waals surface area contributed by atoms with E-state index in [4.69, 9.17) is 5.73 Å². The molecule has 2 heteroatoms. The number of aromatic nitrogens is 1. The molecule has 0 fully saturated rings. The van der Waals surface area contributed by atoms with Gasteiger partial charge in [-0.15, -0.1) is 0 Å². The van der Waals surface area contributed by atoms with Crippen molar-refractivity contribution < 1.29 is 0 Å². The lowest BCUT2D eigenvalue weighted by Gasteiger charge is -2.17. The molecule has 0 saturated heterocycles. The van der Waals surface area contributed by atoms with Gasteiger partial charge >= 0.3 is 0 Å². The number of hydrogen-bond donors (Lipinski definition) is 1. The van der Waals surface area contributed by atoms with Gasteiger partial charge in [0.25, 0.3) is 0 Å². The Bertz CT molecular complexity index is 292. The lowest BCUT2D eigenvalue weighted by molar-refractivity contribution is 0.411. The molecule has 0 radical (unpaired) electrons. The average molecular weight is 206 g/mol. The number of aryl methyl sites for hydroxylation is 1. The highest BCUT2D eigenvalue weighted by Gasteiger charge is 2.12. The molecule has 1 aromatic rings. The van der Waals surface area contributed by atoms with E-state index in [1.165, 1.54) is 18.4 Å². The largest absolute Gasteiger partial charge is 0.323 e. The first kappa shape index (κ1) is 12.2. The van der Waals surface area contributed by atoms with Crippen molar-refractivity contribution in [2.75, 3.05) is 0 Å². The molecule has 1 unspecified atom stereocenters. The third-order valence-corrected chi connectivity index (χ3v) is 3.06. The Balaban J connectivity index is 2.64. The molecule has 15 heavy (non-hydrogen) atoms. The standard InChI is InChI=1S/C13H22N2/c1-4-11(5-2)9-12(14)13-8-10(3)6-7-15-13/h6-8,11-12H,4-5,9,14H2,1-3H3. The molecule has 0 aromatic carbocycles. The first-order valence-electron chi connectivity index (χ1n) is 5.85. The molecular weight excluding hydrogens is 184 g/mol. The SMILES string of the molecule is CCC(CC)CC(N)c1cc(C)ccn1. The maximum Gasteiger partial charge on any atom is 0.0573 e. The van der Waals surface area contributed by atoms with E-state index in [2.05, 4.69) is 31.8 Å². The van der Waals surface area contributed by atoms with Crippen molar-refractivity contribution in [3.63, 3.8) is 0 Å². The Morgan fingerprint density at radius 2 is 2.00 bits per heavy atom. The summed E-state index contributed by atoms with van der Waals surface area (Å²) in [6.45, 7) is 6.53. The van der Waals surface area contributed by atoms with Crippen LogP contribution in [-0.2, 0) is 0 Å². The number of nitrogens with two attached hydrogens (primary N) is 1. The second-order valence-corrected chi connectivity index (χ2v) is 4.28. The van der Waals surface area contributed by atoms with E-state index in [0.717, 1.165) is 18.0 Å². The van der Waals surface area contributed by atoms with Gasteiger partial charge in [-0.3, -0.25) is 4.98 Å². The summed E-state index contributed by atoms with van der Waals surface area (Å²) in [5.74, 6) is 0.724. The first-order valence-corrected chi connectivity index (χ1v) is 5.85. The molecule has 1 heterocycles. The van der Waals surface area contributed by atoms with Crippen LogP contribution < -0.4 is 5.73 Å². The lowest BCUT2D eigenvalue weighted by Crippen LogP contribution is -2.16. The first-order chi connectivity index (χ1) is 7.17. The summed E-state index contributed by atoms with van der Waals surface area (Å²) in [5, 5.41) is 0. The number of hydrogen-bond acceptors (Lipinski definition) is 2. The maximum absolute atomic E-state index is 6.15. The van der Waals surface area contributed by atoms with Gasteiger partial charge in [0.2, 0.25) is 0 Å². The molecule has 0 saturated carbocycles. The fraction of sp³-hybridized carbons (Fsp3) is 0.615. The van der Waals surface area contributed by atoms with Crippen molar-refractivity contribution in [1.82, 2.24) is 4.98 Å². The zero-order valence-corrected chi connectivity index (χ0v) is 10.0. The van der Waals surface area contributed by atoms with Crippen LogP contribution in [0, 0.1) is 12.8 Å². The fourth-order valence-electron chi connectivity index (χ4n) is 1.86. The summed E-state index contributed by atoms with van der Waals surface area (Å²) >= 11 is 0. The summed E-state index contributed by atoms with van der Waals surface area (Å²) < 4.78 is 0. The monoisotopic (exact) mass is 206 g/mol. The van der Waals surface area contributed by atoms with E-state index in [0.29, 0.717) is 0 Å². The van der Waals surface area contributed by atoms with Crippen LogP contribution in [0.15, 0.2) is 18.3 Å². The summed E-state index contributed by atoms with van der Waals surface area (Å²) in [6.07, 6.45) is 5.30. The highest BCUT2D eigenvalue weighted by molar-refractivity contribution is 5.16. The van der Waals surface area contributed by atoms with Crippen molar-refractivity contribution in [2.24, 2.45) is 11.7 Å². The molecule has 0 aliphatic heterocycles. The topological polar surface area (TPSA) is 38.9 Å². The van der Waals surface area contributed by atoms with E-state index in [1.54, 1.807) is 0 Å². The molecule has 2 nitrogen and oxygen atoms in total. The normalized spacial score (nSPS) is 13.1. The smallest absolute Gasteiger partial charge is 0.0573 e. The van der Waals surface area contributed by atoms with Crippen LogP contribution in [0.2, 0.25) is 0 Å².